The molecule has 0 saturated heterocycles. The molecule has 20 heavy (non-hydrogen) atoms. The van der Waals surface area contributed by atoms with E-state index in [9.17, 15) is 8.42 Å². The lowest BCUT2D eigenvalue weighted by molar-refractivity contribution is 0.282. The van der Waals surface area contributed by atoms with Crippen LogP contribution in [-0.4, -0.2) is 20.1 Å². The van der Waals surface area contributed by atoms with Crippen molar-refractivity contribution in [1.82, 2.24) is 4.72 Å². The molecule has 1 aromatic heterocycles. The molecule has 2 N–H and O–H groups in total. The first-order valence-electron chi connectivity index (χ1n) is 5.94. The normalized spacial score (nSPS) is 11.7. The van der Waals surface area contributed by atoms with Crippen molar-refractivity contribution in [2.24, 2.45) is 0 Å². The van der Waals surface area contributed by atoms with Crippen molar-refractivity contribution in [1.29, 1.82) is 0 Å². The summed E-state index contributed by atoms with van der Waals surface area (Å²) in [5, 5.41) is 11.4. The fourth-order valence-corrected chi connectivity index (χ4v) is 4.19. The maximum atomic E-state index is 12.1. The van der Waals surface area contributed by atoms with Crippen LogP contribution in [0.3, 0.4) is 0 Å². The quantitative estimate of drug-likeness (QED) is 0.854. The third-order valence-corrected chi connectivity index (χ3v) is 5.59. The van der Waals surface area contributed by atoms with Crippen molar-refractivity contribution in [3.05, 3.63) is 51.2 Å². The smallest absolute Gasteiger partial charge is 0.241 e. The Bertz CT molecular complexity index is 665. The van der Waals surface area contributed by atoms with E-state index in [0.717, 1.165) is 5.56 Å². The molecule has 0 amide bonds. The molecular weight excluding hydrogens is 318 g/mol. The van der Waals surface area contributed by atoms with E-state index in [0.29, 0.717) is 22.9 Å². The van der Waals surface area contributed by atoms with E-state index in [4.69, 9.17) is 16.7 Å². The molecule has 0 saturated carbocycles. The fraction of sp³-hybridized carbons (Fsp3) is 0.231. The van der Waals surface area contributed by atoms with Gasteiger partial charge in [-0.15, -0.1) is 11.3 Å². The number of hydrogen-bond donors (Lipinski definition) is 2. The predicted molar refractivity (Wildman–Crippen MR) is 80.6 cm³/mol. The summed E-state index contributed by atoms with van der Waals surface area (Å²) in [6.07, 6.45) is 0.578. The zero-order valence-corrected chi connectivity index (χ0v) is 12.9. The van der Waals surface area contributed by atoms with E-state index >= 15 is 0 Å². The molecule has 2 rings (SSSR count). The summed E-state index contributed by atoms with van der Waals surface area (Å²) in [5.74, 6) is 0. The Labute approximate surface area is 127 Å². The van der Waals surface area contributed by atoms with E-state index in [1.165, 1.54) is 17.4 Å². The Hall–Kier alpha value is -0.920. The molecule has 0 aliphatic heterocycles. The molecule has 0 bridgehead atoms. The number of sulfonamides is 1. The second kappa shape index (κ2) is 6.69. The molecule has 0 aliphatic carbocycles. The molecule has 0 aliphatic rings. The largest absolute Gasteiger partial charge is 0.391 e. The van der Waals surface area contributed by atoms with Gasteiger partial charge in [0.2, 0.25) is 10.0 Å². The Kier molecular flexibility index (Phi) is 5.17. The van der Waals surface area contributed by atoms with Crippen LogP contribution in [0.1, 0.15) is 10.4 Å². The van der Waals surface area contributed by atoms with E-state index in [2.05, 4.69) is 4.72 Å². The van der Waals surface area contributed by atoms with E-state index in [-0.39, 0.29) is 11.5 Å². The molecule has 1 heterocycles. The van der Waals surface area contributed by atoms with Gasteiger partial charge in [-0.25, -0.2) is 13.1 Å². The molecule has 0 radical (unpaired) electrons. The molecule has 0 fully saturated rings. The first-order valence-corrected chi connectivity index (χ1v) is 8.68. The number of aliphatic hydroxyl groups is 1. The van der Waals surface area contributed by atoms with Gasteiger partial charge in [0.25, 0.3) is 0 Å². The lowest BCUT2D eigenvalue weighted by atomic mass is 10.2. The monoisotopic (exact) mass is 331 g/mol. The first-order chi connectivity index (χ1) is 9.53. The second-order valence-corrected chi connectivity index (χ2v) is 7.31. The molecule has 0 spiro atoms. The fourth-order valence-electron chi connectivity index (χ4n) is 1.74. The standard InChI is InChI=1S/C13H14ClNO3S2/c14-11-3-1-10(2-4-11)5-7-15-20(17,18)13-6-8-19-12(13)9-16/h1-4,6,8,15-16H,5,7,9H2. The van der Waals surface area contributed by atoms with Crippen LogP contribution in [-0.2, 0) is 23.1 Å². The Balaban J connectivity index is 1.98. The van der Waals surface area contributed by atoms with Crippen molar-refractivity contribution < 1.29 is 13.5 Å². The summed E-state index contributed by atoms with van der Waals surface area (Å²) in [7, 11) is -3.56. The van der Waals surface area contributed by atoms with Crippen LogP contribution in [0.4, 0.5) is 0 Å². The van der Waals surface area contributed by atoms with Crippen LogP contribution in [0.25, 0.3) is 0 Å². The lowest BCUT2D eigenvalue weighted by Crippen LogP contribution is -2.26. The molecular formula is C13H14ClNO3S2. The topological polar surface area (TPSA) is 66.4 Å². The van der Waals surface area contributed by atoms with Crippen molar-refractivity contribution in [2.75, 3.05) is 6.54 Å². The molecule has 0 unspecified atom stereocenters. The second-order valence-electron chi connectivity index (χ2n) is 4.14. The molecule has 7 heteroatoms. The maximum absolute atomic E-state index is 12.1. The number of rotatable bonds is 6. The summed E-state index contributed by atoms with van der Waals surface area (Å²) in [4.78, 5) is 0.602. The van der Waals surface area contributed by atoms with Crippen LogP contribution >= 0.6 is 22.9 Å². The van der Waals surface area contributed by atoms with Gasteiger partial charge in [0.15, 0.2) is 0 Å². The van der Waals surface area contributed by atoms with Gasteiger partial charge in [0.1, 0.15) is 0 Å². The minimum Gasteiger partial charge on any atom is -0.391 e. The Morgan fingerprint density at radius 2 is 1.90 bits per heavy atom. The van der Waals surface area contributed by atoms with Crippen LogP contribution in [0.2, 0.25) is 5.02 Å². The predicted octanol–water partition coefficient (Wildman–Crippen LogP) is 2.41. The van der Waals surface area contributed by atoms with Crippen molar-refractivity contribution in [3.63, 3.8) is 0 Å². The molecule has 2 aromatic rings. The van der Waals surface area contributed by atoms with Gasteiger partial charge in [-0.2, -0.15) is 0 Å². The number of thiophene rings is 1. The van der Waals surface area contributed by atoms with Gasteiger partial charge in [0.05, 0.1) is 11.5 Å². The third-order valence-electron chi connectivity index (χ3n) is 2.76. The summed E-state index contributed by atoms with van der Waals surface area (Å²) >= 11 is 7.01. The van der Waals surface area contributed by atoms with Crippen molar-refractivity contribution in [3.8, 4) is 0 Å². The van der Waals surface area contributed by atoms with Crippen molar-refractivity contribution in [2.45, 2.75) is 17.9 Å². The summed E-state index contributed by atoms with van der Waals surface area (Å²) < 4.78 is 26.7. The number of halogens is 1. The average molecular weight is 332 g/mol. The van der Waals surface area contributed by atoms with E-state index in [1.54, 1.807) is 17.5 Å². The van der Waals surface area contributed by atoms with E-state index < -0.39 is 10.0 Å². The Morgan fingerprint density at radius 1 is 1.20 bits per heavy atom. The van der Waals surface area contributed by atoms with Crippen molar-refractivity contribution >= 4 is 33.0 Å². The first kappa shape index (κ1) is 15.5. The zero-order chi connectivity index (χ0) is 14.6. The van der Waals surface area contributed by atoms with Gasteiger partial charge in [-0.1, -0.05) is 23.7 Å². The minimum absolute atomic E-state index is 0.154. The SMILES string of the molecule is O=S(=O)(NCCc1ccc(Cl)cc1)c1ccsc1CO. The third kappa shape index (κ3) is 3.80. The average Bonchev–Trinajstić information content (AvgIpc) is 2.90. The zero-order valence-electron chi connectivity index (χ0n) is 10.5. The summed E-state index contributed by atoms with van der Waals surface area (Å²) in [6.45, 7) is 0.0236. The highest BCUT2D eigenvalue weighted by atomic mass is 35.5. The molecule has 108 valence electrons. The van der Waals surface area contributed by atoms with Crippen LogP contribution in [0.15, 0.2) is 40.6 Å². The number of nitrogens with one attached hydrogen (secondary N) is 1. The Morgan fingerprint density at radius 3 is 2.55 bits per heavy atom. The van der Waals surface area contributed by atoms with Crippen LogP contribution < -0.4 is 4.72 Å². The minimum atomic E-state index is -3.56. The van der Waals surface area contributed by atoms with Gasteiger partial charge in [-0.05, 0) is 35.6 Å². The summed E-state index contributed by atoms with van der Waals surface area (Å²) in [6, 6.07) is 8.77. The highest BCUT2D eigenvalue weighted by Gasteiger charge is 2.18. The highest BCUT2D eigenvalue weighted by Crippen LogP contribution is 2.21. The highest BCUT2D eigenvalue weighted by molar-refractivity contribution is 7.89. The van der Waals surface area contributed by atoms with Gasteiger partial charge in [0, 0.05) is 16.4 Å². The maximum Gasteiger partial charge on any atom is 0.241 e. The number of benzene rings is 1. The molecule has 0 atom stereocenters. The van der Waals surface area contributed by atoms with Gasteiger partial charge >= 0.3 is 0 Å². The number of aliphatic hydroxyl groups excluding tert-OH is 1. The summed E-state index contributed by atoms with van der Waals surface area (Å²) in [5.41, 5.74) is 1.00. The van der Waals surface area contributed by atoms with Gasteiger partial charge in [-0.3, -0.25) is 0 Å². The molecule has 4 nitrogen and oxygen atoms in total. The number of hydrogen-bond acceptors (Lipinski definition) is 4. The lowest BCUT2D eigenvalue weighted by Gasteiger charge is -2.07. The molecule has 1 aromatic carbocycles. The van der Waals surface area contributed by atoms with Crippen LogP contribution in [0, 0.1) is 0 Å². The van der Waals surface area contributed by atoms with E-state index in [1.807, 2.05) is 12.1 Å². The van der Waals surface area contributed by atoms with Crippen LogP contribution in [0.5, 0.6) is 0 Å². The van der Waals surface area contributed by atoms with Gasteiger partial charge < -0.3 is 5.11 Å².